The second-order valence-corrected chi connectivity index (χ2v) is 11.3. The number of aliphatic imine (C=N–C) groups is 2. The Labute approximate surface area is 185 Å². The second kappa shape index (κ2) is 7.16. The summed E-state index contributed by atoms with van der Waals surface area (Å²) in [6.45, 7) is 3.78. The molecule has 0 saturated carbocycles. The molecule has 2 aromatic rings. The molecule has 162 valence electrons. The summed E-state index contributed by atoms with van der Waals surface area (Å²) in [5.74, 6) is 0.818. The molecule has 0 unspecified atom stereocenters. The third kappa shape index (κ3) is 3.08. The van der Waals surface area contributed by atoms with Crippen LogP contribution in [0, 0.1) is 0 Å². The van der Waals surface area contributed by atoms with Crippen LogP contribution in [0.2, 0.25) is 0 Å². The van der Waals surface area contributed by atoms with Gasteiger partial charge in [0.05, 0.1) is 18.0 Å². The van der Waals surface area contributed by atoms with Gasteiger partial charge >= 0.3 is 0 Å². The topological polar surface area (TPSA) is 108 Å². The van der Waals surface area contributed by atoms with Crippen molar-refractivity contribution >= 4 is 55.0 Å². The van der Waals surface area contributed by atoms with E-state index < -0.39 is 9.84 Å². The SMILES string of the molecule is CCCCS(=O)(=O)c1sc2c(c1N)N=C(c1ccc3c(c1)CN(C)C3=O)C1=NCCN12. The van der Waals surface area contributed by atoms with Gasteiger partial charge in [0.2, 0.25) is 0 Å². The Morgan fingerprint density at radius 3 is 2.87 bits per heavy atom. The number of anilines is 2. The third-order valence-electron chi connectivity index (χ3n) is 5.80. The minimum Gasteiger partial charge on any atom is -0.395 e. The standard InChI is InChI=1S/C21H23N5O3S2/c1-3-4-9-31(28,29)21-15(22)17-20(30-21)26-8-7-23-18(26)16(24-17)12-5-6-14-13(10-12)11-25(2)19(14)27/h5-6,10H,3-4,7-9,11,22H2,1-2H3. The van der Waals surface area contributed by atoms with Gasteiger partial charge in [-0.05, 0) is 24.1 Å². The summed E-state index contributed by atoms with van der Waals surface area (Å²) in [4.78, 5) is 25.4. The number of amides is 1. The molecule has 2 N–H and O–H groups in total. The molecular formula is C21H23N5O3S2. The average molecular weight is 458 g/mol. The zero-order chi connectivity index (χ0) is 21.9. The highest BCUT2D eigenvalue weighted by atomic mass is 32.2. The van der Waals surface area contributed by atoms with Crippen LogP contribution >= 0.6 is 11.3 Å². The van der Waals surface area contributed by atoms with E-state index in [1.165, 1.54) is 11.3 Å². The maximum Gasteiger partial charge on any atom is 0.254 e. The second-order valence-electron chi connectivity index (χ2n) is 7.98. The molecule has 5 rings (SSSR count). The van der Waals surface area contributed by atoms with Crippen molar-refractivity contribution in [3.05, 3.63) is 34.9 Å². The number of nitrogens with zero attached hydrogens (tertiary/aromatic N) is 4. The Balaban J connectivity index is 1.62. The number of nitrogens with two attached hydrogens (primary N) is 1. The summed E-state index contributed by atoms with van der Waals surface area (Å²) in [7, 11) is -1.68. The number of hydrogen-bond acceptors (Lipinski definition) is 8. The van der Waals surface area contributed by atoms with Crippen molar-refractivity contribution in [2.24, 2.45) is 9.98 Å². The van der Waals surface area contributed by atoms with E-state index in [1.54, 1.807) is 11.9 Å². The quantitative estimate of drug-likeness (QED) is 0.743. The summed E-state index contributed by atoms with van der Waals surface area (Å²) in [5.41, 5.74) is 10.2. The van der Waals surface area contributed by atoms with E-state index >= 15 is 0 Å². The van der Waals surface area contributed by atoms with Crippen LogP contribution in [-0.4, -0.2) is 56.7 Å². The van der Waals surface area contributed by atoms with Crippen molar-refractivity contribution in [3.8, 4) is 0 Å². The fraction of sp³-hybridized carbons (Fsp3) is 0.381. The van der Waals surface area contributed by atoms with Crippen LogP contribution in [0.4, 0.5) is 16.4 Å². The van der Waals surface area contributed by atoms with Crippen LogP contribution in [-0.2, 0) is 16.4 Å². The number of sulfone groups is 1. The Morgan fingerprint density at radius 2 is 2.10 bits per heavy atom. The number of unbranched alkanes of at least 4 members (excludes halogenated alkanes) is 1. The molecule has 0 atom stereocenters. The number of nitrogen functional groups attached to an aromatic ring is 1. The number of amidine groups is 1. The van der Waals surface area contributed by atoms with Gasteiger partial charge in [-0.2, -0.15) is 0 Å². The average Bonchev–Trinajstić information content (AvgIpc) is 3.43. The first-order valence-corrected chi connectivity index (χ1v) is 12.7. The number of fused-ring (bicyclic) bond motifs is 4. The predicted octanol–water partition coefficient (Wildman–Crippen LogP) is 2.84. The van der Waals surface area contributed by atoms with Gasteiger partial charge in [0.25, 0.3) is 5.91 Å². The largest absolute Gasteiger partial charge is 0.395 e. The zero-order valence-electron chi connectivity index (χ0n) is 17.4. The molecule has 3 aliphatic heterocycles. The summed E-state index contributed by atoms with van der Waals surface area (Å²) < 4.78 is 25.9. The molecule has 8 nitrogen and oxygen atoms in total. The van der Waals surface area contributed by atoms with E-state index in [4.69, 9.17) is 10.7 Å². The number of thiophene rings is 1. The number of carbonyl (C=O) groups excluding carboxylic acids is 1. The number of rotatable bonds is 5. The van der Waals surface area contributed by atoms with E-state index in [9.17, 15) is 13.2 Å². The first-order valence-electron chi connectivity index (χ1n) is 10.3. The maximum atomic E-state index is 12.9. The molecule has 0 spiro atoms. The summed E-state index contributed by atoms with van der Waals surface area (Å²) in [5, 5.41) is 0.739. The number of benzene rings is 1. The molecule has 1 amide bonds. The van der Waals surface area contributed by atoms with Gasteiger partial charge in [0, 0.05) is 31.3 Å². The fourth-order valence-corrected chi connectivity index (χ4v) is 7.37. The molecule has 1 aromatic heterocycles. The van der Waals surface area contributed by atoms with Gasteiger partial charge in [-0.15, -0.1) is 11.3 Å². The lowest BCUT2D eigenvalue weighted by molar-refractivity contribution is 0.0816. The van der Waals surface area contributed by atoms with Crippen LogP contribution in [0.5, 0.6) is 0 Å². The molecule has 10 heteroatoms. The smallest absolute Gasteiger partial charge is 0.254 e. The summed E-state index contributed by atoms with van der Waals surface area (Å²) >= 11 is 1.19. The van der Waals surface area contributed by atoms with Crippen molar-refractivity contribution in [2.45, 2.75) is 30.5 Å². The Kier molecular flexibility index (Phi) is 4.67. The van der Waals surface area contributed by atoms with Gasteiger partial charge in [0.1, 0.15) is 20.6 Å². The Morgan fingerprint density at radius 1 is 1.29 bits per heavy atom. The molecule has 0 saturated heterocycles. The van der Waals surface area contributed by atoms with Crippen LogP contribution in [0.15, 0.2) is 32.4 Å². The van der Waals surface area contributed by atoms with E-state index in [-0.39, 0.29) is 21.6 Å². The Bertz CT molecular complexity index is 1280. The van der Waals surface area contributed by atoms with E-state index in [1.807, 2.05) is 30.0 Å². The van der Waals surface area contributed by atoms with Crippen LogP contribution in [0.1, 0.15) is 41.3 Å². The molecule has 0 fully saturated rings. The van der Waals surface area contributed by atoms with Crippen molar-refractivity contribution in [3.63, 3.8) is 0 Å². The molecule has 31 heavy (non-hydrogen) atoms. The monoisotopic (exact) mass is 457 g/mol. The Hall–Kier alpha value is -2.72. The lowest BCUT2D eigenvalue weighted by Gasteiger charge is -2.25. The van der Waals surface area contributed by atoms with Gasteiger partial charge < -0.3 is 15.5 Å². The van der Waals surface area contributed by atoms with Crippen molar-refractivity contribution < 1.29 is 13.2 Å². The molecule has 3 aliphatic rings. The van der Waals surface area contributed by atoms with Crippen LogP contribution < -0.4 is 10.6 Å². The number of carbonyl (C=O) groups is 1. The number of hydrogen-bond donors (Lipinski definition) is 1. The van der Waals surface area contributed by atoms with Crippen molar-refractivity contribution in [1.82, 2.24) is 4.90 Å². The predicted molar refractivity (Wildman–Crippen MR) is 124 cm³/mol. The van der Waals surface area contributed by atoms with Gasteiger partial charge in [-0.3, -0.25) is 9.79 Å². The lowest BCUT2D eigenvalue weighted by Crippen LogP contribution is -2.35. The van der Waals surface area contributed by atoms with Crippen LogP contribution in [0.3, 0.4) is 0 Å². The van der Waals surface area contributed by atoms with Crippen LogP contribution in [0.25, 0.3) is 0 Å². The van der Waals surface area contributed by atoms with Gasteiger partial charge in [0.15, 0.2) is 15.7 Å². The normalized spacial score (nSPS) is 17.4. The molecule has 0 bridgehead atoms. The minimum atomic E-state index is -3.46. The summed E-state index contributed by atoms with van der Waals surface area (Å²) in [6, 6.07) is 5.67. The first kappa shape index (κ1) is 20.2. The van der Waals surface area contributed by atoms with E-state index in [2.05, 4.69) is 4.99 Å². The highest BCUT2D eigenvalue weighted by Crippen LogP contribution is 2.50. The highest BCUT2D eigenvalue weighted by Gasteiger charge is 2.37. The van der Waals surface area contributed by atoms with Gasteiger partial charge in [-0.1, -0.05) is 19.4 Å². The maximum absolute atomic E-state index is 12.9. The third-order valence-corrected chi connectivity index (χ3v) is 9.44. The van der Waals surface area contributed by atoms with Crippen molar-refractivity contribution in [2.75, 3.05) is 36.5 Å². The van der Waals surface area contributed by atoms with Crippen molar-refractivity contribution in [1.29, 1.82) is 0 Å². The highest BCUT2D eigenvalue weighted by molar-refractivity contribution is 7.93. The lowest BCUT2D eigenvalue weighted by atomic mass is 10.0. The molecule has 0 aliphatic carbocycles. The summed E-state index contributed by atoms with van der Waals surface area (Å²) in [6.07, 6.45) is 1.39. The van der Waals surface area contributed by atoms with E-state index in [0.717, 1.165) is 28.4 Å². The molecular weight excluding hydrogens is 434 g/mol. The first-order chi connectivity index (χ1) is 14.8. The molecule has 4 heterocycles. The molecule has 1 aromatic carbocycles. The van der Waals surface area contributed by atoms with E-state index in [0.29, 0.717) is 43.0 Å². The zero-order valence-corrected chi connectivity index (χ0v) is 19.0. The fourth-order valence-electron chi connectivity index (χ4n) is 4.17. The van der Waals surface area contributed by atoms with Gasteiger partial charge in [-0.25, -0.2) is 13.4 Å². The minimum absolute atomic E-state index is 0.0123. The molecule has 0 radical (unpaired) electrons.